The Bertz CT molecular complexity index is 633. The molecule has 0 aromatic heterocycles. The second-order valence-electron chi connectivity index (χ2n) is 4.75. The third kappa shape index (κ3) is 5.28. The summed E-state index contributed by atoms with van der Waals surface area (Å²) in [6, 6.07) is -0.484. The number of alkyl halides is 6. The van der Waals surface area contributed by atoms with Crippen molar-refractivity contribution < 1.29 is 41.0 Å². The number of carbonyl (C=O) groups is 2. The minimum absolute atomic E-state index is 0.455. The van der Waals surface area contributed by atoms with Crippen molar-refractivity contribution in [3.63, 3.8) is 0 Å². The van der Waals surface area contributed by atoms with E-state index in [1.807, 2.05) is 0 Å². The summed E-state index contributed by atoms with van der Waals surface area (Å²) in [4.78, 5) is 22.0. The Morgan fingerprint density at radius 3 is 1.96 bits per heavy atom. The zero-order valence-corrected chi connectivity index (χ0v) is 11.8. The van der Waals surface area contributed by atoms with Gasteiger partial charge in [0, 0.05) is 5.57 Å². The van der Waals surface area contributed by atoms with E-state index in [-0.39, 0.29) is 0 Å². The van der Waals surface area contributed by atoms with Gasteiger partial charge >= 0.3 is 18.3 Å². The van der Waals surface area contributed by atoms with Gasteiger partial charge in [-0.25, -0.2) is 4.79 Å². The molecule has 0 fully saturated rings. The molecule has 1 aromatic rings. The fraction of sp³-hybridized carbons (Fsp3) is 0.286. The highest BCUT2D eigenvalue weighted by Crippen LogP contribution is 2.35. The van der Waals surface area contributed by atoms with Gasteiger partial charge < -0.3 is 10.4 Å². The summed E-state index contributed by atoms with van der Waals surface area (Å²) in [7, 11) is 0. The maximum absolute atomic E-state index is 13.0. The first-order valence-electron chi connectivity index (χ1n) is 6.26. The van der Waals surface area contributed by atoms with E-state index in [4.69, 9.17) is 5.11 Å². The van der Waals surface area contributed by atoms with Gasteiger partial charge in [-0.3, -0.25) is 4.79 Å². The van der Waals surface area contributed by atoms with Crippen molar-refractivity contribution in [1.82, 2.24) is 5.32 Å². The average molecular weight is 355 g/mol. The Kier molecular flexibility index (Phi) is 5.64. The molecule has 1 rings (SSSR count). The molecular weight excluding hydrogens is 344 g/mol. The predicted octanol–water partition coefficient (Wildman–Crippen LogP) is 3.46. The SMILES string of the molecule is C=C(CC(=O)N[C@H](c1ccc(C(F)(F)F)cc1)C(F)(F)F)C(=O)O. The molecule has 1 aromatic carbocycles. The van der Waals surface area contributed by atoms with Crippen LogP contribution >= 0.6 is 0 Å². The first kappa shape index (κ1) is 19.5. The van der Waals surface area contributed by atoms with Crippen molar-refractivity contribution in [3.8, 4) is 0 Å². The van der Waals surface area contributed by atoms with Gasteiger partial charge in [-0.2, -0.15) is 26.3 Å². The van der Waals surface area contributed by atoms with E-state index in [9.17, 15) is 35.9 Å². The summed E-state index contributed by atoms with van der Waals surface area (Å²) in [6.07, 6.45) is -10.6. The lowest BCUT2D eigenvalue weighted by Gasteiger charge is -2.22. The number of aliphatic carboxylic acids is 1. The second-order valence-corrected chi connectivity index (χ2v) is 4.75. The van der Waals surface area contributed by atoms with E-state index in [0.29, 0.717) is 24.3 Å². The van der Waals surface area contributed by atoms with Crippen molar-refractivity contribution in [2.45, 2.75) is 24.8 Å². The monoisotopic (exact) mass is 355 g/mol. The fourth-order valence-electron chi connectivity index (χ4n) is 1.70. The smallest absolute Gasteiger partial charge is 0.416 e. The van der Waals surface area contributed by atoms with Crippen LogP contribution in [-0.2, 0) is 15.8 Å². The van der Waals surface area contributed by atoms with E-state index >= 15 is 0 Å². The molecule has 10 heteroatoms. The Balaban J connectivity index is 3.00. The molecule has 1 amide bonds. The summed E-state index contributed by atoms with van der Waals surface area (Å²) in [5.41, 5.74) is -2.39. The molecule has 0 aliphatic carbocycles. The highest BCUT2D eigenvalue weighted by molar-refractivity contribution is 5.93. The lowest BCUT2D eigenvalue weighted by atomic mass is 10.0. The van der Waals surface area contributed by atoms with Crippen LogP contribution in [0.2, 0.25) is 0 Å². The van der Waals surface area contributed by atoms with Crippen LogP contribution in [0.3, 0.4) is 0 Å². The zero-order valence-electron chi connectivity index (χ0n) is 11.8. The van der Waals surface area contributed by atoms with Gasteiger partial charge in [0.2, 0.25) is 5.91 Å². The molecule has 0 saturated heterocycles. The maximum Gasteiger partial charge on any atom is 0.416 e. The fourth-order valence-corrected chi connectivity index (χ4v) is 1.70. The molecule has 0 saturated carbocycles. The van der Waals surface area contributed by atoms with Gasteiger partial charge in [0.05, 0.1) is 12.0 Å². The molecule has 1 atom stereocenters. The second kappa shape index (κ2) is 6.93. The highest BCUT2D eigenvalue weighted by atomic mass is 19.4. The molecule has 24 heavy (non-hydrogen) atoms. The number of halogens is 6. The molecule has 0 radical (unpaired) electrons. The predicted molar refractivity (Wildman–Crippen MR) is 69.8 cm³/mol. The maximum atomic E-state index is 13.0. The van der Waals surface area contributed by atoms with Crippen molar-refractivity contribution >= 4 is 11.9 Å². The largest absolute Gasteiger partial charge is 0.478 e. The van der Waals surface area contributed by atoms with E-state index in [1.54, 1.807) is 5.32 Å². The number of hydrogen-bond acceptors (Lipinski definition) is 2. The van der Waals surface area contributed by atoms with Crippen LogP contribution in [0.15, 0.2) is 36.4 Å². The standard InChI is InChI=1S/C14H11F6NO3/c1-7(12(23)24)6-10(22)21-11(14(18,19)20)8-2-4-9(5-3-8)13(15,16)17/h2-5,11H,1,6H2,(H,21,22)(H,23,24)/t11-/m1/s1. The number of hydrogen-bond donors (Lipinski definition) is 2. The molecule has 0 heterocycles. The third-order valence-electron chi connectivity index (χ3n) is 2.88. The molecule has 0 aliphatic rings. The molecule has 132 valence electrons. The lowest BCUT2D eigenvalue weighted by Crippen LogP contribution is -2.38. The van der Waals surface area contributed by atoms with Crippen LogP contribution in [-0.4, -0.2) is 23.2 Å². The van der Waals surface area contributed by atoms with Crippen molar-refractivity contribution in [2.75, 3.05) is 0 Å². The molecular formula is C14H11F6NO3. The number of nitrogens with one attached hydrogen (secondary N) is 1. The number of carboxylic acids is 1. The summed E-state index contributed by atoms with van der Waals surface area (Å²) in [5, 5.41) is 10.1. The molecule has 0 spiro atoms. The number of benzene rings is 1. The number of amides is 1. The molecule has 0 bridgehead atoms. The summed E-state index contributed by atoms with van der Waals surface area (Å²) in [6.45, 7) is 3.01. The first-order valence-corrected chi connectivity index (χ1v) is 6.26. The van der Waals surface area contributed by atoms with Gasteiger partial charge in [-0.15, -0.1) is 0 Å². The topological polar surface area (TPSA) is 66.4 Å². The lowest BCUT2D eigenvalue weighted by molar-refractivity contribution is -0.163. The van der Waals surface area contributed by atoms with Crippen LogP contribution in [0, 0.1) is 0 Å². The summed E-state index contributed by atoms with van der Waals surface area (Å²) >= 11 is 0. The van der Waals surface area contributed by atoms with Crippen LogP contribution in [0.4, 0.5) is 26.3 Å². The Labute approximate surface area is 131 Å². The van der Waals surface area contributed by atoms with E-state index in [2.05, 4.69) is 6.58 Å². The van der Waals surface area contributed by atoms with E-state index in [1.165, 1.54) is 0 Å². The third-order valence-corrected chi connectivity index (χ3v) is 2.88. The van der Waals surface area contributed by atoms with Gasteiger partial charge in [0.25, 0.3) is 0 Å². The van der Waals surface area contributed by atoms with Gasteiger partial charge in [0.1, 0.15) is 0 Å². The number of carboxylic acid groups (broad SMARTS) is 1. The Morgan fingerprint density at radius 2 is 1.58 bits per heavy atom. The molecule has 2 N–H and O–H groups in total. The average Bonchev–Trinajstić information content (AvgIpc) is 2.42. The molecule has 4 nitrogen and oxygen atoms in total. The minimum Gasteiger partial charge on any atom is -0.478 e. The summed E-state index contributed by atoms with van der Waals surface area (Å²) < 4.78 is 76.3. The Morgan fingerprint density at radius 1 is 1.08 bits per heavy atom. The minimum atomic E-state index is -4.99. The number of rotatable bonds is 5. The zero-order chi connectivity index (χ0) is 18.7. The van der Waals surface area contributed by atoms with Crippen molar-refractivity contribution in [2.24, 2.45) is 0 Å². The molecule has 0 aliphatic heterocycles. The van der Waals surface area contributed by atoms with Crippen molar-refractivity contribution in [3.05, 3.63) is 47.5 Å². The van der Waals surface area contributed by atoms with Gasteiger partial charge in [-0.1, -0.05) is 18.7 Å². The van der Waals surface area contributed by atoms with Crippen molar-refractivity contribution in [1.29, 1.82) is 0 Å². The van der Waals surface area contributed by atoms with Crippen LogP contribution in [0.25, 0.3) is 0 Å². The quantitative estimate of drug-likeness (QED) is 0.628. The first-order chi connectivity index (χ1) is 10.8. The van der Waals surface area contributed by atoms with Crippen LogP contribution in [0.1, 0.15) is 23.6 Å². The molecule has 0 unspecified atom stereocenters. The summed E-state index contributed by atoms with van der Waals surface area (Å²) in [5.74, 6) is -2.83. The van der Waals surface area contributed by atoms with Crippen LogP contribution in [0.5, 0.6) is 0 Å². The normalized spacial score (nSPS) is 13.2. The highest BCUT2D eigenvalue weighted by Gasteiger charge is 2.42. The number of carbonyl (C=O) groups excluding carboxylic acids is 1. The van der Waals surface area contributed by atoms with E-state index in [0.717, 1.165) is 0 Å². The van der Waals surface area contributed by atoms with Crippen LogP contribution < -0.4 is 5.32 Å². The van der Waals surface area contributed by atoms with E-state index < -0.39 is 53.4 Å². The Hall–Kier alpha value is -2.52. The van der Waals surface area contributed by atoms with Gasteiger partial charge in [0.15, 0.2) is 6.04 Å². The van der Waals surface area contributed by atoms with Gasteiger partial charge in [-0.05, 0) is 17.7 Å².